The lowest BCUT2D eigenvalue weighted by Gasteiger charge is -2.26. The number of fused-ring (bicyclic) bond motifs is 1. The molecule has 2 aromatic rings. The lowest BCUT2D eigenvalue weighted by molar-refractivity contribution is 0.0528. The number of hydrogen-bond acceptors (Lipinski definition) is 4. The van der Waals surface area contributed by atoms with Crippen molar-refractivity contribution in [3.05, 3.63) is 29.5 Å². The summed E-state index contributed by atoms with van der Waals surface area (Å²) >= 11 is 0. The lowest BCUT2D eigenvalue weighted by Crippen LogP contribution is -2.31. The van der Waals surface area contributed by atoms with Crippen LogP contribution in [0.15, 0.2) is 18.2 Å². The van der Waals surface area contributed by atoms with E-state index in [4.69, 9.17) is 9.47 Å². The summed E-state index contributed by atoms with van der Waals surface area (Å²) in [6, 6.07) is 5.85. The molecule has 0 unspecified atom stereocenters. The van der Waals surface area contributed by atoms with Gasteiger partial charge in [-0.2, -0.15) is 0 Å². The van der Waals surface area contributed by atoms with Gasteiger partial charge in [-0.1, -0.05) is 6.42 Å². The third-order valence-electron chi connectivity index (χ3n) is 4.77. The third-order valence-corrected chi connectivity index (χ3v) is 4.77. The molecule has 2 heterocycles. The summed E-state index contributed by atoms with van der Waals surface area (Å²) in [6.45, 7) is 8.32. The van der Waals surface area contributed by atoms with Crippen LogP contribution in [0.1, 0.15) is 48.7 Å². The predicted molar refractivity (Wildman–Crippen MR) is 99.4 cm³/mol. The number of piperidine rings is 1. The second-order valence-corrected chi connectivity index (χ2v) is 6.66. The number of hydrogen-bond donors (Lipinski definition) is 1. The average molecular weight is 344 g/mol. The van der Waals surface area contributed by atoms with Gasteiger partial charge in [-0.25, -0.2) is 4.79 Å². The number of esters is 1. The Balaban J connectivity index is 1.62. The Bertz CT molecular complexity index is 717. The van der Waals surface area contributed by atoms with Crippen molar-refractivity contribution in [1.82, 2.24) is 9.88 Å². The van der Waals surface area contributed by atoms with E-state index in [9.17, 15) is 4.79 Å². The van der Waals surface area contributed by atoms with Gasteiger partial charge in [-0.15, -0.1) is 0 Å². The zero-order valence-electron chi connectivity index (χ0n) is 15.3. The van der Waals surface area contributed by atoms with Gasteiger partial charge in [0.25, 0.3) is 0 Å². The maximum atomic E-state index is 12.2. The highest BCUT2D eigenvalue weighted by atomic mass is 16.5. The van der Waals surface area contributed by atoms with Gasteiger partial charge in [0, 0.05) is 23.1 Å². The van der Waals surface area contributed by atoms with Crippen LogP contribution in [0.5, 0.6) is 5.75 Å². The topological polar surface area (TPSA) is 54.6 Å². The van der Waals surface area contributed by atoms with Crippen molar-refractivity contribution in [3.8, 4) is 5.75 Å². The number of likely N-dealkylation sites (tertiary alicyclic amines) is 1. The molecular formula is C20H28N2O3. The number of rotatable bonds is 7. The van der Waals surface area contributed by atoms with Gasteiger partial charge in [0.2, 0.25) is 0 Å². The number of benzene rings is 1. The molecule has 0 radical (unpaired) electrons. The van der Waals surface area contributed by atoms with Crippen molar-refractivity contribution in [2.24, 2.45) is 0 Å². The first-order valence-corrected chi connectivity index (χ1v) is 9.33. The van der Waals surface area contributed by atoms with E-state index in [0.717, 1.165) is 35.3 Å². The standard InChI is InChI=1S/C20H28N2O3/c1-3-24-20(23)19-15(2)21-18-9-8-16(14-17(18)19)25-13-7-12-22-10-5-4-6-11-22/h8-9,14,21H,3-7,10-13H2,1-2H3. The Hall–Kier alpha value is -2.01. The highest BCUT2D eigenvalue weighted by Gasteiger charge is 2.17. The van der Waals surface area contributed by atoms with Crippen LogP contribution in [0.2, 0.25) is 0 Å². The predicted octanol–water partition coefficient (Wildman–Crippen LogP) is 3.91. The summed E-state index contributed by atoms with van der Waals surface area (Å²) in [4.78, 5) is 18.0. The van der Waals surface area contributed by atoms with Crippen LogP contribution >= 0.6 is 0 Å². The van der Waals surface area contributed by atoms with E-state index in [0.29, 0.717) is 18.8 Å². The molecule has 1 saturated heterocycles. The number of aromatic nitrogens is 1. The first-order valence-electron chi connectivity index (χ1n) is 9.33. The van der Waals surface area contributed by atoms with E-state index < -0.39 is 0 Å². The largest absolute Gasteiger partial charge is 0.494 e. The number of aromatic amines is 1. The molecule has 1 fully saturated rings. The number of carbonyl (C=O) groups excluding carboxylic acids is 1. The minimum atomic E-state index is -0.284. The molecular weight excluding hydrogens is 316 g/mol. The summed E-state index contributed by atoms with van der Waals surface area (Å²) in [7, 11) is 0. The molecule has 5 nitrogen and oxygen atoms in total. The highest BCUT2D eigenvalue weighted by Crippen LogP contribution is 2.27. The fraction of sp³-hybridized carbons (Fsp3) is 0.550. The number of H-pyrrole nitrogens is 1. The highest BCUT2D eigenvalue weighted by molar-refractivity contribution is 6.05. The number of nitrogens with zero attached hydrogens (tertiary/aromatic N) is 1. The van der Waals surface area contributed by atoms with Crippen LogP contribution in [0.25, 0.3) is 10.9 Å². The van der Waals surface area contributed by atoms with Crippen molar-refractivity contribution in [2.75, 3.05) is 32.8 Å². The van der Waals surface area contributed by atoms with Crippen molar-refractivity contribution in [3.63, 3.8) is 0 Å². The molecule has 0 atom stereocenters. The summed E-state index contributed by atoms with van der Waals surface area (Å²) < 4.78 is 11.1. The molecule has 1 aromatic carbocycles. The Labute approximate surface area is 149 Å². The fourth-order valence-corrected chi connectivity index (χ4v) is 3.52. The van der Waals surface area contributed by atoms with Crippen molar-refractivity contribution in [2.45, 2.75) is 39.5 Å². The van der Waals surface area contributed by atoms with E-state index in [1.54, 1.807) is 0 Å². The van der Waals surface area contributed by atoms with E-state index in [2.05, 4.69) is 9.88 Å². The van der Waals surface area contributed by atoms with Crippen LogP contribution in [0, 0.1) is 6.92 Å². The molecule has 0 saturated carbocycles. The summed E-state index contributed by atoms with van der Waals surface area (Å²) in [6.07, 6.45) is 5.03. The SMILES string of the molecule is CCOC(=O)c1c(C)[nH]c2ccc(OCCCN3CCCCC3)cc12. The van der Waals surface area contributed by atoms with Gasteiger partial charge in [-0.05, 0) is 64.4 Å². The molecule has 0 aliphatic carbocycles. The molecule has 3 rings (SSSR count). The quantitative estimate of drug-likeness (QED) is 0.611. The number of aryl methyl sites for hydroxylation is 1. The number of ether oxygens (including phenoxy) is 2. The maximum Gasteiger partial charge on any atom is 0.340 e. The van der Waals surface area contributed by atoms with E-state index in [-0.39, 0.29) is 5.97 Å². The lowest BCUT2D eigenvalue weighted by atomic mass is 10.1. The Kier molecular flexibility index (Phi) is 5.97. The van der Waals surface area contributed by atoms with E-state index >= 15 is 0 Å². The molecule has 0 bridgehead atoms. The van der Waals surface area contributed by atoms with Gasteiger partial charge in [0.15, 0.2) is 0 Å². The van der Waals surface area contributed by atoms with Crippen LogP contribution in [-0.4, -0.2) is 48.7 Å². The smallest absolute Gasteiger partial charge is 0.340 e. The second-order valence-electron chi connectivity index (χ2n) is 6.66. The van der Waals surface area contributed by atoms with Crippen molar-refractivity contribution in [1.29, 1.82) is 0 Å². The van der Waals surface area contributed by atoms with Crippen LogP contribution < -0.4 is 4.74 Å². The fourth-order valence-electron chi connectivity index (χ4n) is 3.52. The second kappa shape index (κ2) is 8.39. The van der Waals surface area contributed by atoms with Crippen LogP contribution in [0.3, 0.4) is 0 Å². The van der Waals surface area contributed by atoms with E-state index in [1.165, 1.54) is 32.4 Å². The third kappa shape index (κ3) is 4.34. The molecule has 1 aromatic heterocycles. The monoisotopic (exact) mass is 344 g/mol. The molecule has 0 spiro atoms. The zero-order chi connectivity index (χ0) is 17.6. The van der Waals surface area contributed by atoms with Crippen LogP contribution in [-0.2, 0) is 4.74 Å². The molecule has 136 valence electrons. The molecule has 1 aliphatic rings. The minimum Gasteiger partial charge on any atom is -0.494 e. The van der Waals surface area contributed by atoms with Crippen LogP contribution in [0.4, 0.5) is 0 Å². The Morgan fingerprint density at radius 3 is 2.80 bits per heavy atom. The molecule has 1 aliphatic heterocycles. The van der Waals surface area contributed by atoms with Gasteiger partial charge >= 0.3 is 5.97 Å². The molecule has 0 amide bonds. The summed E-state index contributed by atoms with van der Waals surface area (Å²) in [5.74, 6) is 0.518. The Morgan fingerprint density at radius 2 is 2.04 bits per heavy atom. The number of carbonyl (C=O) groups is 1. The maximum absolute atomic E-state index is 12.2. The first-order chi connectivity index (χ1) is 12.2. The van der Waals surface area contributed by atoms with Gasteiger partial charge in [-0.3, -0.25) is 0 Å². The van der Waals surface area contributed by atoms with Crippen molar-refractivity contribution < 1.29 is 14.3 Å². The van der Waals surface area contributed by atoms with Crippen molar-refractivity contribution >= 4 is 16.9 Å². The van der Waals surface area contributed by atoms with Gasteiger partial charge in [0.05, 0.1) is 18.8 Å². The normalized spacial score (nSPS) is 15.4. The molecule has 25 heavy (non-hydrogen) atoms. The minimum absolute atomic E-state index is 0.284. The number of nitrogens with one attached hydrogen (secondary N) is 1. The molecule has 1 N–H and O–H groups in total. The zero-order valence-corrected chi connectivity index (χ0v) is 15.3. The summed E-state index contributed by atoms with van der Waals surface area (Å²) in [5.41, 5.74) is 2.37. The van der Waals surface area contributed by atoms with Gasteiger partial charge < -0.3 is 19.4 Å². The summed E-state index contributed by atoms with van der Waals surface area (Å²) in [5, 5.41) is 0.865. The first kappa shape index (κ1) is 17.8. The Morgan fingerprint density at radius 1 is 1.24 bits per heavy atom. The average Bonchev–Trinajstić information content (AvgIpc) is 2.95. The molecule has 5 heteroatoms. The van der Waals surface area contributed by atoms with Gasteiger partial charge in [0.1, 0.15) is 5.75 Å². The van der Waals surface area contributed by atoms with E-state index in [1.807, 2.05) is 32.0 Å².